The summed E-state index contributed by atoms with van der Waals surface area (Å²) in [5.74, 6) is 5.18. The number of hydrogen-bond donors (Lipinski definition) is 2. The SMILES string of the molecule is Cc1ccc(CNC(=O)c2cccc(C#CCO)c2)cn1. The van der Waals surface area contributed by atoms with Crippen LogP contribution in [-0.4, -0.2) is 22.6 Å². The molecule has 0 saturated carbocycles. The molecule has 0 aliphatic heterocycles. The van der Waals surface area contributed by atoms with Gasteiger partial charge in [-0.05, 0) is 36.8 Å². The first kappa shape index (κ1) is 14.8. The zero-order valence-corrected chi connectivity index (χ0v) is 11.8. The lowest BCUT2D eigenvalue weighted by Gasteiger charge is -2.06. The van der Waals surface area contributed by atoms with E-state index in [0.29, 0.717) is 17.7 Å². The lowest BCUT2D eigenvalue weighted by molar-refractivity contribution is 0.0951. The van der Waals surface area contributed by atoms with Crippen LogP contribution in [0.15, 0.2) is 42.6 Å². The second-order valence-electron chi connectivity index (χ2n) is 4.53. The molecule has 4 heteroatoms. The number of aromatic nitrogens is 1. The monoisotopic (exact) mass is 280 g/mol. The van der Waals surface area contributed by atoms with E-state index in [2.05, 4.69) is 22.1 Å². The Bertz CT molecular complexity index is 682. The first-order valence-corrected chi connectivity index (χ1v) is 6.58. The van der Waals surface area contributed by atoms with Crippen molar-refractivity contribution in [2.75, 3.05) is 6.61 Å². The molecule has 4 nitrogen and oxygen atoms in total. The van der Waals surface area contributed by atoms with E-state index in [1.165, 1.54) is 0 Å². The van der Waals surface area contributed by atoms with Crippen molar-refractivity contribution >= 4 is 5.91 Å². The van der Waals surface area contributed by atoms with Gasteiger partial charge in [0, 0.05) is 29.6 Å². The maximum absolute atomic E-state index is 12.1. The highest BCUT2D eigenvalue weighted by atomic mass is 16.2. The fourth-order valence-electron chi connectivity index (χ4n) is 1.77. The molecule has 0 unspecified atom stereocenters. The molecule has 106 valence electrons. The van der Waals surface area contributed by atoms with Crippen molar-refractivity contribution in [2.24, 2.45) is 0 Å². The van der Waals surface area contributed by atoms with Crippen molar-refractivity contribution in [1.29, 1.82) is 0 Å². The fourth-order valence-corrected chi connectivity index (χ4v) is 1.77. The second kappa shape index (κ2) is 7.22. The number of nitrogens with zero attached hydrogens (tertiary/aromatic N) is 1. The molecule has 0 bridgehead atoms. The second-order valence-corrected chi connectivity index (χ2v) is 4.53. The van der Waals surface area contributed by atoms with Crippen molar-refractivity contribution in [3.8, 4) is 11.8 Å². The van der Waals surface area contributed by atoms with Gasteiger partial charge in [-0.2, -0.15) is 0 Å². The maximum atomic E-state index is 12.1. The molecule has 21 heavy (non-hydrogen) atoms. The summed E-state index contributed by atoms with van der Waals surface area (Å²) in [6.07, 6.45) is 1.75. The van der Waals surface area contributed by atoms with Crippen LogP contribution in [0.25, 0.3) is 0 Å². The number of amides is 1. The van der Waals surface area contributed by atoms with Crippen molar-refractivity contribution in [2.45, 2.75) is 13.5 Å². The first-order chi connectivity index (χ1) is 10.2. The van der Waals surface area contributed by atoms with Crippen molar-refractivity contribution in [3.63, 3.8) is 0 Å². The maximum Gasteiger partial charge on any atom is 0.251 e. The molecule has 1 heterocycles. The van der Waals surface area contributed by atoms with Gasteiger partial charge in [-0.1, -0.05) is 24.0 Å². The molecule has 0 saturated heterocycles. The number of nitrogens with one attached hydrogen (secondary N) is 1. The number of benzene rings is 1. The molecule has 0 atom stereocenters. The Morgan fingerprint density at radius 1 is 1.33 bits per heavy atom. The molecule has 0 aliphatic rings. The van der Waals surface area contributed by atoms with Crippen LogP contribution in [0.1, 0.15) is 27.2 Å². The number of hydrogen-bond acceptors (Lipinski definition) is 3. The molecule has 0 radical (unpaired) electrons. The molecule has 0 spiro atoms. The number of aliphatic hydroxyl groups excluding tert-OH is 1. The predicted molar refractivity (Wildman–Crippen MR) is 80.6 cm³/mol. The number of carbonyl (C=O) groups excluding carboxylic acids is 1. The van der Waals surface area contributed by atoms with E-state index in [1.54, 1.807) is 30.5 Å². The van der Waals surface area contributed by atoms with Crippen molar-refractivity contribution in [3.05, 3.63) is 65.0 Å². The summed E-state index contributed by atoms with van der Waals surface area (Å²) in [5, 5.41) is 11.5. The summed E-state index contributed by atoms with van der Waals surface area (Å²) in [6.45, 7) is 2.15. The Morgan fingerprint density at radius 3 is 2.90 bits per heavy atom. The van der Waals surface area contributed by atoms with E-state index in [9.17, 15) is 4.79 Å². The van der Waals surface area contributed by atoms with Crippen LogP contribution in [0, 0.1) is 18.8 Å². The first-order valence-electron chi connectivity index (χ1n) is 6.58. The van der Waals surface area contributed by atoms with Gasteiger partial charge in [0.25, 0.3) is 5.91 Å². The number of carbonyl (C=O) groups is 1. The topological polar surface area (TPSA) is 62.2 Å². The van der Waals surface area contributed by atoms with Gasteiger partial charge in [0.15, 0.2) is 0 Å². The van der Waals surface area contributed by atoms with Crippen LogP contribution < -0.4 is 5.32 Å². The van der Waals surface area contributed by atoms with Gasteiger partial charge < -0.3 is 10.4 Å². The zero-order chi connectivity index (χ0) is 15.1. The van der Waals surface area contributed by atoms with Crippen LogP contribution in [-0.2, 0) is 6.54 Å². The third-order valence-electron chi connectivity index (χ3n) is 2.86. The number of aliphatic hydroxyl groups is 1. The Balaban J connectivity index is 2.01. The van der Waals surface area contributed by atoms with Crippen molar-refractivity contribution < 1.29 is 9.90 Å². The molecule has 1 aromatic heterocycles. The third kappa shape index (κ3) is 4.44. The average molecular weight is 280 g/mol. The molecular weight excluding hydrogens is 264 g/mol. The number of pyridine rings is 1. The van der Waals surface area contributed by atoms with Gasteiger partial charge in [0.1, 0.15) is 6.61 Å². The molecule has 2 aromatic rings. The largest absolute Gasteiger partial charge is 0.384 e. The molecular formula is C17H16N2O2. The summed E-state index contributed by atoms with van der Waals surface area (Å²) in [6, 6.07) is 10.8. The normalized spacial score (nSPS) is 9.62. The molecule has 1 amide bonds. The molecule has 0 fully saturated rings. The lowest BCUT2D eigenvalue weighted by Crippen LogP contribution is -2.22. The van der Waals surface area contributed by atoms with Gasteiger partial charge in [-0.25, -0.2) is 0 Å². The summed E-state index contributed by atoms with van der Waals surface area (Å²) < 4.78 is 0. The number of aryl methyl sites for hydroxylation is 1. The van der Waals surface area contributed by atoms with Gasteiger partial charge in [-0.3, -0.25) is 9.78 Å². The van der Waals surface area contributed by atoms with Crippen LogP contribution in [0.2, 0.25) is 0 Å². The van der Waals surface area contributed by atoms with E-state index >= 15 is 0 Å². The van der Waals surface area contributed by atoms with E-state index in [-0.39, 0.29) is 12.5 Å². The molecule has 2 N–H and O–H groups in total. The molecule has 1 aromatic carbocycles. The molecule has 2 rings (SSSR count). The van der Waals surface area contributed by atoms with Crippen LogP contribution in [0.3, 0.4) is 0 Å². The summed E-state index contributed by atoms with van der Waals surface area (Å²) in [7, 11) is 0. The minimum Gasteiger partial charge on any atom is -0.384 e. The van der Waals surface area contributed by atoms with Crippen LogP contribution in [0.4, 0.5) is 0 Å². The van der Waals surface area contributed by atoms with E-state index in [4.69, 9.17) is 5.11 Å². The van der Waals surface area contributed by atoms with Gasteiger partial charge in [0.05, 0.1) is 0 Å². The average Bonchev–Trinajstić information content (AvgIpc) is 2.52. The van der Waals surface area contributed by atoms with Gasteiger partial charge in [0.2, 0.25) is 0 Å². The lowest BCUT2D eigenvalue weighted by atomic mass is 10.1. The van der Waals surface area contributed by atoms with E-state index in [1.807, 2.05) is 19.1 Å². The Labute approximate surface area is 123 Å². The Hall–Kier alpha value is -2.64. The summed E-state index contributed by atoms with van der Waals surface area (Å²) in [4.78, 5) is 16.3. The highest BCUT2D eigenvalue weighted by Gasteiger charge is 2.05. The fraction of sp³-hybridized carbons (Fsp3) is 0.176. The smallest absolute Gasteiger partial charge is 0.251 e. The standard InChI is InChI=1S/C17H16N2O2/c1-13-7-8-15(11-18-13)12-19-17(21)16-6-2-4-14(10-16)5-3-9-20/h2,4,6-8,10-11,20H,9,12H2,1H3,(H,19,21). The van der Waals surface area contributed by atoms with Crippen LogP contribution in [0.5, 0.6) is 0 Å². The summed E-state index contributed by atoms with van der Waals surface area (Å²) in [5.41, 5.74) is 3.14. The van der Waals surface area contributed by atoms with Gasteiger partial charge in [-0.15, -0.1) is 0 Å². The Morgan fingerprint density at radius 2 is 2.19 bits per heavy atom. The molecule has 0 aliphatic carbocycles. The minimum atomic E-state index is -0.198. The third-order valence-corrected chi connectivity index (χ3v) is 2.86. The minimum absolute atomic E-state index is 0.164. The Kier molecular flexibility index (Phi) is 5.08. The van der Waals surface area contributed by atoms with E-state index in [0.717, 1.165) is 11.3 Å². The quantitative estimate of drug-likeness (QED) is 0.841. The zero-order valence-electron chi connectivity index (χ0n) is 11.8. The number of rotatable bonds is 3. The van der Waals surface area contributed by atoms with Crippen LogP contribution >= 0.6 is 0 Å². The summed E-state index contributed by atoms with van der Waals surface area (Å²) >= 11 is 0. The highest BCUT2D eigenvalue weighted by Crippen LogP contribution is 2.05. The van der Waals surface area contributed by atoms with Crippen molar-refractivity contribution in [1.82, 2.24) is 10.3 Å². The van der Waals surface area contributed by atoms with Gasteiger partial charge >= 0.3 is 0 Å². The van der Waals surface area contributed by atoms with E-state index < -0.39 is 0 Å². The predicted octanol–water partition coefficient (Wildman–Crippen LogP) is 1.66. The highest BCUT2D eigenvalue weighted by molar-refractivity contribution is 5.94.